The first-order chi connectivity index (χ1) is 6.16. The minimum Gasteiger partial charge on any atom is -0.358 e. The van der Waals surface area contributed by atoms with Gasteiger partial charge >= 0.3 is 0 Å². The standard InChI is InChI=1S/C9H12Br2N2/c1-7-3-5-12-9(8(7)11)13(2)6-4-10/h3,5H,4,6H2,1-2H3. The van der Waals surface area contributed by atoms with Crippen molar-refractivity contribution >= 4 is 37.7 Å². The maximum absolute atomic E-state index is 4.32. The highest BCUT2D eigenvalue weighted by Gasteiger charge is 2.07. The minimum absolute atomic E-state index is 0.950. The Morgan fingerprint density at radius 3 is 2.85 bits per heavy atom. The molecule has 0 bridgehead atoms. The molecule has 0 amide bonds. The van der Waals surface area contributed by atoms with E-state index < -0.39 is 0 Å². The molecular formula is C9H12Br2N2. The fourth-order valence-electron chi connectivity index (χ4n) is 1.02. The lowest BCUT2D eigenvalue weighted by molar-refractivity contribution is 0.942. The molecule has 0 aromatic carbocycles. The van der Waals surface area contributed by atoms with Crippen LogP contribution in [0.2, 0.25) is 0 Å². The van der Waals surface area contributed by atoms with Crippen LogP contribution in [0.1, 0.15) is 5.56 Å². The summed E-state index contributed by atoms with van der Waals surface area (Å²) >= 11 is 6.94. The van der Waals surface area contributed by atoms with Gasteiger partial charge in [0.25, 0.3) is 0 Å². The Balaban J connectivity index is 2.93. The van der Waals surface area contributed by atoms with Gasteiger partial charge in [-0.15, -0.1) is 0 Å². The third-order valence-corrected chi connectivity index (χ3v) is 3.18. The molecular weight excluding hydrogens is 296 g/mol. The van der Waals surface area contributed by atoms with E-state index in [0.29, 0.717) is 0 Å². The van der Waals surface area contributed by atoms with Gasteiger partial charge in [-0.3, -0.25) is 0 Å². The van der Waals surface area contributed by atoms with Gasteiger partial charge in [0.15, 0.2) is 0 Å². The quantitative estimate of drug-likeness (QED) is 0.798. The molecule has 0 saturated heterocycles. The highest BCUT2D eigenvalue weighted by atomic mass is 79.9. The highest BCUT2D eigenvalue weighted by molar-refractivity contribution is 9.10. The van der Waals surface area contributed by atoms with Crippen molar-refractivity contribution in [2.75, 3.05) is 23.8 Å². The molecule has 1 aromatic rings. The van der Waals surface area contributed by atoms with E-state index in [2.05, 4.69) is 48.7 Å². The van der Waals surface area contributed by atoms with E-state index in [9.17, 15) is 0 Å². The van der Waals surface area contributed by atoms with Crippen LogP contribution in [-0.4, -0.2) is 23.9 Å². The summed E-state index contributed by atoms with van der Waals surface area (Å²) in [5.41, 5.74) is 1.21. The van der Waals surface area contributed by atoms with Crippen molar-refractivity contribution in [1.29, 1.82) is 0 Å². The summed E-state index contributed by atoms with van der Waals surface area (Å²) in [6, 6.07) is 2.00. The van der Waals surface area contributed by atoms with Crippen LogP contribution in [0.5, 0.6) is 0 Å². The molecule has 0 radical (unpaired) electrons. The summed E-state index contributed by atoms with van der Waals surface area (Å²) in [4.78, 5) is 6.43. The zero-order chi connectivity index (χ0) is 9.84. The van der Waals surface area contributed by atoms with Gasteiger partial charge in [-0.2, -0.15) is 0 Å². The Labute approximate surface area is 95.6 Å². The molecule has 1 aromatic heterocycles. The summed E-state index contributed by atoms with van der Waals surface area (Å²) in [7, 11) is 2.04. The maximum Gasteiger partial charge on any atom is 0.142 e. The summed E-state index contributed by atoms with van der Waals surface area (Å²) in [6.45, 7) is 3.02. The fourth-order valence-corrected chi connectivity index (χ4v) is 2.09. The van der Waals surface area contributed by atoms with Gasteiger partial charge in [0.05, 0.1) is 4.47 Å². The molecule has 0 aliphatic heterocycles. The number of anilines is 1. The third kappa shape index (κ3) is 2.68. The topological polar surface area (TPSA) is 16.1 Å². The molecule has 0 spiro atoms. The largest absolute Gasteiger partial charge is 0.358 e. The van der Waals surface area contributed by atoms with Crippen molar-refractivity contribution in [3.05, 3.63) is 22.3 Å². The normalized spacial score (nSPS) is 10.2. The number of hydrogen-bond donors (Lipinski definition) is 0. The second-order valence-electron chi connectivity index (χ2n) is 2.88. The second kappa shape index (κ2) is 4.96. The molecule has 1 rings (SSSR count). The SMILES string of the molecule is Cc1ccnc(N(C)CCBr)c1Br. The molecule has 0 fully saturated rings. The molecule has 0 atom stereocenters. The summed E-state index contributed by atoms with van der Waals surface area (Å²) in [5, 5.41) is 0.950. The van der Waals surface area contributed by atoms with Crippen LogP contribution < -0.4 is 4.90 Å². The van der Waals surface area contributed by atoms with Crippen LogP contribution in [0, 0.1) is 6.92 Å². The monoisotopic (exact) mass is 306 g/mol. The Morgan fingerprint density at radius 1 is 1.54 bits per heavy atom. The molecule has 1 heterocycles. The number of pyridine rings is 1. The lowest BCUT2D eigenvalue weighted by atomic mass is 10.3. The average Bonchev–Trinajstić information content (AvgIpc) is 2.10. The van der Waals surface area contributed by atoms with Crippen molar-refractivity contribution in [3.63, 3.8) is 0 Å². The smallest absolute Gasteiger partial charge is 0.142 e. The van der Waals surface area contributed by atoms with Crippen LogP contribution in [0.25, 0.3) is 0 Å². The maximum atomic E-state index is 4.32. The predicted octanol–water partition coefficient (Wildman–Crippen LogP) is 2.98. The summed E-state index contributed by atoms with van der Waals surface area (Å²) < 4.78 is 1.08. The van der Waals surface area contributed by atoms with Crippen LogP contribution in [0.4, 0.5) is 5.82 Å². The summed E-state index contributed by atoms with van der Waals surface area (Å²) in [5.74, 6) is 0.999. The lowest BCUT2D eigenvalue weighted by Crippen LogP contribution is -2.21. The van der Waals surface area contributed by atoms with Gasteiger partial charge in [0.2, 0.25) is 0 Å². The fraction of sp³-hybridized carbons (Fsp3) is 0.444. The zero-order valence-corrected chi connectivity index (χ0v) is 10.9. The van der Waals surface area contributed by atoms with Gasteiger partial charge in [0, 0.05) is 25.1 Å². The molecule has 4 heteroatoms. The number of alkyl halides is 1. The van der Waals surface area contributed by atoms with E-state index in [0.717, 1.165) is 22.2 Å². The van der Waals surface area contributed by atoms with Crippen molar-refractivity contribution in [3.8, 4) is 0 Å². The highest BCUT2D eigenvalue weighted by Crippen LogP contribution is 2.25. The van der Waals surface area contributed by atoms with E-state index in [-0.39, 0.29) is 0 Å². The number of nitrogens with zero attached hydrogens (tertiary/aromatic N) is 2. The molecule has 0 saturated carbocycles. The van der Waals surface area contributed by atoms with Crippen molar-refractivity contribution in [2.24, 2.45) is 0 Å². The number of halogens is 2. The lowest BCUT2D eigenvalue weighted by Gasteiger charge is -2.18. The van der Waals surface area contributed by atoms with Crippen molar-refractivity contribution in [1.82, 2.24) is 4.98 Å². The van der Waals surface area contributed by atoms with Crippen LogP contribution in [-0.2, 0) is 0 Å². The van der Waals surface area contributed by atoms with Gasteiger partial charge < -0.3 is 4.90 Å². The minimum atomic E-state index is 0.950. The Hall–Kier alpha value is -0.0900. The van der Waals surface area contributed by atoms with Crippen molar-refractivity contribution in [2.45, 2.75) is 6.92 Å². The van der Waals surface area contributed by atoms with Gasteiger partial charge in [-0.25, -0.2) is 4.98 Å². The molecule has 0 aliphatic rings. The van der Waals surface area contributed by atoms with Crippen LogP contribution in [0.3, 0.4) is 0 Å². The Bertz CT molecular complexity index is 289. The number of aryl methyl sites for hydroxylation is 1. The van der Waals surface area contributed by atoms with Gasteiger partial charge in [0.1, 0.15) is 5.82 Å². The third-order valence-electron chi connectivity index (χ3n) is 1.85. The van der Waals surface area contributed by atoms with E-state index >= 15 is 0 Å². The molecule has 0 aliphatic carbocycles. The molecule has 0 unspecified atom stereocenters. The molecule has 2 nitrogen and oxygen atoms in total. The molecule has 72 valence electrons. The van der Waals surface area contributed by atoms with Gasteiger partial charge in [-0.1, -0.05) is 15.9 Å². The Kier molecular flexibility index (Phi) is 4.19. The van der Waals surface area contributed by atoms with E-state index in [1.165, 1.54) is 5.56 Å². The molecule has 0 N–H and O–H groups in total. The Morgan fingerprint density at radius 2 is 2.23 bits per heavy atom. The number of aromatic nitrogens is 1. The number of rotatable bonds is 3. The number of hydrogen-bond acceptors (Lipinski definition) is 2. The predicted molar refractivity (Wildman–Crippen MR) is 63.7 cm³/mol. The van der Waals surface area contributed by atoms with E-state index in [4.69, 9.17) is 0 Å². The van der Waals surface area contributed by atoms with Gasteiger partial charge in [-0.05, 0) is 34.5 Å². The zero-order valence-electron chi connectivity index (χ0n) is 7.72. The van der Waals surface area contributed by atoms with Crippen LogP contribution in [0.15, 0.2) is 16.7 Å². The molecule has 13 heavy (non-hydrogen) atoms. The van der Waals surface area contributed by atoms with Crippen molar-refractivity contribution < 1.29 is 0 Å². The summed E-state index contributed by atoms with van der Waals surface area (Å²) in [6.07, 6.45) is 1.83. The average molecular weight is 308 g/mol. The van der Waals surface area contributed by atoms with Crippen LogP contribution >= 0.6 is 31.9 Å². The van der Waals surface area contributed by atoms with E-state index in [1.807, 2.05) is 19.3 Å². The first-order valence-electron chi connectivity index (χ1n) is 4.05. The second-order valence-corrected chi connectivity index (χ2v) is 4.46. The van der Waals surface area contributed by atoms with E-state index in [1.54, 1.807) is 0 Å². The first kappa shape index (κ1) is 11.0. The first-order valence-corrected chi connectivity index (χ1v) is 5.96.